The molecule has 1 fully saturated rings. The molecule has 3 atom stereocenters. The normalized spacial score (nSPS) is 24.5. The van der Waals surface area contributed by atoms with Crippen molar-refractivity contribution in [1.82, 2.24) is 9.62 Å². The molecule has 0 aliphatic carbocycles. The van der Waals surface area contributed by atoms with Gasteiger partial charge in [0.25, 0.3) is 0 Å². The summed E-state index contributed by atoms with van der Waals surface area (Å²) in [6.45, 7) is 5.70. The third-order valence-electron chi connectivity index (χ3n) is 3.99. The van der Waals surface area contributed by atoms with Gasteiger partial charge in [-0.05, 0) is 31.4 Å². The number of hydrogen-bond acceptors (Lipinski definition) is 4. The highest BCUT2D eigenvalue weighted by molar-refractivity contribution is 7.89. The average molecular weight is 347 g/mol. The Balaban J connectivity index is 1.91. The van der Waals surface area contributed by atoms with Crippen LogP contribution in [0.25, 0.3) is 0 Å². The maximum Gasteiger partial charge on any atom is 0.242 e. The second kappa shape index (κ2) is 7.27. The molecule has 1 aromatic carbocycles. The predicted molar refractivity (Wildman–Crippen MR) is 87.5 cm³/mol. The molecule has 5 nitrogen and oxygen atoms in total. The Morgan fingerprint density at radius 3 is 2.68 bits per heavy atom. The van der Waals surface area contributed by atoms with E-state index >= 15 is 0 Å². The van der Waals surface area contributed by atoms with E-state index in [4.69, 9.17) is 11.6 Å². The lowest BCUT2D eigenvalue weighted by Gasteiger charge is -2.24. The molecule has 1 aliphatic heterocycles. The Hall–Kier alpha value is -0.660. The Morgan fingerprint density at radius 1 is 1.41 bits per heavy atom. The van der Waals surface area contributed by atoms with Gasteiger partial charge in [0.2, 0.25) is 10.0 Å². The van der Waals surface area contributed by atoms with Crippen molar-refractivity contribution < 1.29 is 13.5 Å². The topological polar surface area (TPSA) is 69.6 Å². The lowest BCUT2D eigenvalue weighted by molar-refractivity contribution is 0.111. The van der Waals surface area contributed by atoms with E-state index in [0.717, 1.165) is 13.0 Å². The summed E-state index contributed by atoms with van der Waals surface area (Å²) >= 11 is 5.91. The molecule has 2 unspecified atom stereocenters. The van der Waals surface area contributed by atoms with Crippen molar-refractivity contribution in [2.45, 2.75) is 37.3 Å². The Morgan fingerprint density at radius 2 is 2.09 bits per heavy atom. The summed E-state index contributed by atoms with van der Waals surface area (Å²) in [6.07, 6.45) is 0.364. The number of nitrogens with zero attached hydrogens (tertiary/aromatic N) is 1. The average Bonchev–Trinajstić information content (AvgIpc) is 2.75. The van der Waals surface area contributed by atoms with Crippen LogP contribution in [0.3, 0.4) is 0 Å². The van der Waals surface area contributed by atoms with Crippen molar-refractivity contribution in [2.75, 3.05) is 19.6 Å². The molecule has 7 heteroatoms. The minimum atomic E-state index is -3.70. The minimum Gasteiger partial charge on any atom is -0.390 e. The van der Waals surface area contributed by atoms with Crippen molar-refractivity contribution in [1.29, 1.82) is 0 Å². The fraction of sp³-hybridized carbons (Fsp3) is 0.600. The summed E-state index contributed by atoms with van der Waals surface area (Å²) in [4.78, 5) is 2.23. The molecule has 2 rings (SSSR count). The first kappa shape index (κ1) is 17.7. The standard InChI is InChI=1S/C15H23ClN2O3S/c1-11-7-12(2)18(9-11)10-13(19)8-17-22(20,21)15-6-4-3-5-14(15)16/h3-6,11-13,17,19H,7-10H2,1-2H3/t11?,12?,13-/m1/s1. The van der Waals surface area contributed by atoms with Gasteiger partial charge in [0, 0.05) is 25.7 Å². The lowest BCUT2D eigenvalue weighted by Crippen LogP contribution is -2.41. The number of nitrogens with one attached hydrogen (secondary N) is 1. The Kier molecular flexibility index (Phi) is 5.85. The largest absolute Gasteiger partial charge is 0.390 e. The van der Waals surface area contributed by atoms with E-state index in [0.29, 0.717) is 18.5 Å². The van der Waals surface area contributed by atoms with Crippen LogP contribution in [0.15, 0.2) is 29.2 Å². The van der Waals surface area contributed by atoms with Crippen LogP contribution in [0.2, 0.25) is 5.02 Å². The third-order valence-corrected chi connectivity index (χ3v) is 5.92. The molecule has 0 amide bonds. The van der Waals surface area contributed by atoms with Crippen LogP contribution in [0.5, 0.6) is 0 Å². The second-order valence-electron chi connectivity index (χ2n) is 6.08. The quantitative estimate of drug-likeness (QED) is 0.822. The van der Waals surface area contributed by atoms with Crippen LogP contribution in [0, 0.1) is 5.92 Å². The molecule has 0 spiro atoms. The number of aliphatic hydroxyl groups excluding tert-OH is 1. The first-order chi connectivity index (χ1) is 10.3. The summed E-state index contributed by atoms with van der Waals surface area (Å²) in [5.41, 5.74) is 0. The predicted octanol–water partition coefficient (Wildman–Crippen LogP) is 1.71. The second-order valence-corrected chi connectivity index (χ2v) is 8.22. The molecular formula is C15H23ClN2O3S. The van der Waals surface area contributed by atoms with Crippen molar-refractivity contribution in [3.05, 3.63) is 29.3 Å². The van der Waals surface area contributed by atoms with E-state index in [1.807, 2.05) is 0 Å². The summed E-state index contributed by atoms with van der Waals surface area (Å²) < 4.78 is 26.8. The van der Waals surface area contributed by atoms with Gasteiger partial charge in [-0.1, -0.05) is 30.7 Å². The molecule has 1 aliphatic rings. The fourth-order valence-corrected chi connectivity index (χ4v) is 4.51. The Bertz CT molecular complexity index is 609. The summed E-state index contributed by atoms with van der Waals surface area (Å²) in [5, 5.41) is 10.3. The lowest BCUT2D eigenvalue weighted by atomic mass is 10.1. The van der Waals surface area contributed by atoms with E-state index in [1.54, 1.807) is 12.1 Å². The van der Waals surface area contributed by atoms with Crippen molar-refractivity contribution >= 4 is 21.6 Å². The Labute approximate surface area is 137 Å². The van der Waals surface area contributed by atoms with E-state index in [9.17, 15) is 13.5 Å². The molecule has 0 bridgehead atoms. The molecule has 0 saturated carbocycles. The maximum atomic E-state index is 12.2. The van der Waals surface area contributed by atoms with Crippen molar-refractivity contribution in [3.63, 3.8) is 0 Å². The van der Waals surface area contributed by atoms with Crippen LogP contribution in [0.4, 0.5) is 0 Å². The van der Waals surface area contributed by atoms with Gasteiger partial charge in [-0.2, -0.15) is 0 Å². The van der Waals surface area contributed by atoms with Gasteiger partial charge >= 0.3 is 0 Å². The first-order valence-electron chi connectivity index (χ1n) is 7.46. The van der Waals surface area contributed by atoms with Gasteiger partial charge in [-0.3, -0.25) is 4.90 Å². The summed E-state index contributed by atoms with van der Waals surface area (Å²) in [5.74, 6) is 0.613. The minimum absolute atomic E-state index is 0.0227. The molecular weight excluding hydrogens is 324 g/mol. The number of sulfonamides is 1. The zero-order valence-electron chi connectivity index (χ0n) is 12.9. The van der Waals surface area contributed by atoms with Crippen LogP contribution >= 0.6 is 11.6 Å². The molecule has 2 N–H and O–H groups in total. The molecule has 0 radical (unpaired) electrons. The van der Waals surface area contributed by atoms with E-state index in [-0.39, 0.29) is 16.5 Å². The smallest absolute Gasteiger partial charge is 0.242 e. The molecule has 22 heavy (non-hydrogen) atoms. The molecule has 0 aromatic heterocycles. The van der Waals surface area contributed by atoms with Crippen LogP contribution in [-0.2, 0) is 10.0 Å². The van der Waals surface area contributed by atoms with E-state index in [2.05, 4.69) is 23.5 Å². The molecule has 1 heterocycles. The fourth-order valence-electron chi connectivity index (χ4n) is 2.92. The number of rotatable bonds is 6. The summed E-state index contributed by atoms with van der Waals surface area (Å²) in [6, 6.07) is 6.68. The van der Waals surface area contributed by atoms with Gasteiger partial charge in [-0.25, -0.2) is 13.1 Å². The zero-order chi connectivity index (χ0) is 16.3. The molecule has 1 saturated heterocycles. The number of β-amino-alcohol motifs (C(OH)–C–C–N with tert-alkyl or cyclic N) is 1. The number of hydrogen-bond donors (Lipinski definition) is 2. The highest BCUT2D eigenvalue weighted by Crippen LogP contribution is 2.22. The molecule has 124 valence electrons. The number of aliphatic hydroxyl groups is 1. The van der Waals surface area contributed by atoms with Gasteiger partial charge in [0.1, 0.15) is 4.90 Å². The highest BCUT2D eigenvalue weighted by atomic mass is 35.5. The van der Waals surface area contributed by atoms with Gasteiger partial charge in [-0.15, -0.1) is 0 Å². The zero-order valence-corrected chi connectivity index (χ0v) is 14.4. The summed E-state index contributed by atoms with van der Waals surface area (Å²) in [7, 11) is -3.70. The van der Waals surface area contributed by atoms with Gasteiger partial charge in [0.05, 0.1) is 11.1 Å². The first-order valence-corrected chi connectivity index (χ1v) is 9.32. The maximum absolute atomic E-state index is 12.2. The van der Waals surface area contributed by atoms with E-state index < -0.39 is 16.1 Å². The van der Waals surface area contributed by atoms with Crippen LogP contribution in [0.1, 0.15) is 20.3 Å². The van der Waals surface area contributed by atoms with Crippen LogP contribution in [-0.4, -0.2) is 50.2 Å². The van der Waals surface area contributed by atoms with Crippen molar-refractivity contribution in [3.8, 4) is 0 Å². The molecule has 1 aromatic rings. The monoisotopic (exact) mass is 346 g/mol. The van der Waals surface area contributed by atoms with Gasteiger partial charge < -0.3 is 5.11 Å². The third kappa shape index (κ3) is 4.43. The number of halogens is 1. The van der Waals surface area contributed by atoms with Crippen LogP contribution < -0.4 is 4.72 Å². The van der Waals surface area contributed by atoms with Crippen molar-refractivity contribution in [2.24, 2.45) is 5.92 Å². The highest BCUT2D eigenvalue weighted by Gasteiger charge is 2.28. The SMILES string of the molecule is CC1CC(C)N(C[C@H](O)CNS(=O)(=O)c2ccccc2Cl)C1. The van der Waals surface area contributed by atoms with E-state index in [1.165, 1.54) is 12.1 Å². The number of likely N-dealkylation sites (tertiary alicyclic amines) is 1. The van der Waals surface area contributed by atoms with Gasteiger partial charge in [0.15, 0.2) is 0 Å². The number of benzene rings is 1.